The zero-order chi connectivity index (χ0) is 32.8. The molecule has 2 aliphatic rings. The van der Waals surface area contributed by atoms with Crippen molar-refractivity contribution < 1.29 is 9.59 Å². The molecule has 0 unspecified atom stereocenters. The Kier molecular flexibility index (Phi) is 9.84. The number of nitrogens with zero attached hydrogens (tertiary/aromatic N) is 4. The highest BCUT2D eigenvalue weighted by Gasteiger charge is 2.33. The van der Waals surface area contributed by atoms with Crippen molar-refractivity contribution in [2.45, 2.75) is 32.7 Å². The molecule has 0 spiro atoms. The molecule has 1 aliphatic carbocycles. The molecule has 2 amide bonds. The first-order valence-electron chi connectivity index (χ1n) is 16.5. The number of hydrogen-bond donors (Lipinski definition) is 2. The van der Waals surface area contributed by atoms with Crippen LogP contribution in [0.3, 0.4) is 0 Å². The van der Waals surface area contributed by atoms with E-state index in [1.165, 1.54) is 11.3 Å². The molecule has 0 aromatic heterocycles. The van der Waals surface area contributed by atoms with Crippen LogP contribution >= 0.6 is 0 Å². The van der Waals surface area contributed by atoms with Crippen LogP contribution in [0, 0.1) is 24.2 Å². The van der Waals surface area contributed by atoms with E-state index in [1.54, 1.807) is 24.3 Å². The average molecular weight is 627 g/mol. The quantitative estimate of drug-likeness (QED) is 0.205. The molecule has 240 valence electrons. The van der Waals surface area contributed by atoms with Gasteiger partial charge in [-0.1, -0.05) is 42.5 Å². The third-order valence-electron chi connectivity index (χ3n) is 9.10. The van der Waals surface area contributed by atoms with Crippen LogP contribution in [0.15, 0.2) is 91.0 Å². The van der Waals surface area contributed by atoms with Gasteiger partial charge in [0.1, 0.15) is 0 Å². The van der Waals surface area contributed by atoms with Gasteiger partial charge in [-0.05, 0) is 104 Å². The molecule has 1 saturated heterocycles. The molecule has 0 bridgehead atoms. The highest BCUT2D eigenvalue weighted by atomic mass is 16.2. The summed E-state index contributed by atoms with van der Waals surface area (Å²) in [6.45, 7) is 7.29. The van der Waals surface area contributed by atoms with Crippen LogP contribution in [0.25, 0.3) is 11.1 Å². The van der Waals surface area contributed by atoms with Gasteiger partial charge in [0.25, 0.3) is 5.91 Å². The van der Waals surface area contributed by atoms with E-state index in [1.807, 2.05) is 17.0 Å². The van der Waals surface area contributed by atoms with E-state index >= 15 is 0 Å². The smallest absolute Gasteiger partial charge is 0.255 e. The van der Waals surface area contributed by atoms with Gasteiger partial charge in [-0.3, -0.25) is 9.59 Å². The molecular weight excluding hydrogens is 584 g/mol. The third-order valence-corrected chi connectivity index (χ3v) is 9.10. The van der Waals surface area contributed by atoms with Crippen LogP contribution in [0.2, 0.25) is 0 Å². The molecule has 1 saturated carbocycles. The normalized spacial score (nSPS) is 14.4. The molecule has 1 aliphatic heterocycles. The zero-order valence-electron chi connectivity index (χ0n) is 27.0. The van der Waals surface area contributed by atoms with Gasteiger partial charge in [-0.25, -0.2) is 0 Å². The monoisotopic (exact) mass is 626 g/mol. The van der Waals surface area contributed by atoms with Gasteiger partial charge in [0.05, 0.1) is 23.0 Å². The summed E-state index contributed by atoms with van der Waals surface area (Å²) < 4.78 is 0. The molecule has 8 nitrogen and oxygen atoms in total. The van der Waals surface area contributed by atoms with Crippen LogP contribution < -0.4 is 20.9 Å². The standard InChI is InChI=1S/C39H42N6O2/c1-28-6-2-3-9-36(28)43-20-22-44(23-21-43)37-17-16-34(25-35(37)42-38(46)31-12-10-29(26-41)11-13-31)33-8-4-7-30(24-33)27-45(19-5-18-40)39(47)32-14-15-32/h2-4,6-13,16-17,24-25,32H,5,14-15,18-23,27,40H2,1H3,(H,42,46). The Morgan fingerprint density at radius 2 is 1.57 bits per heavy atom. The molecule has 2 fully saturated rings. The van der Waals surface area contributed by atoms with Gasteiger partial charge >= 0.3 is 0 Å². The van der Waals surface area contributed by atoms with Crippen molar-refractivity contribution in [3.8, 4) is 17.2 Å². The Hall–Kier alpha value is -5.13. The van der Waals surface area contributed by atoms with Gasteiger partial charge < -0.3 is 25.8 Å². The lowest BCUT2D eigenvalue weighted by atomic mass is 10.0. The molecular formula is C39H42N6O2. The lowest BCUT2D eigenvalue weighted by Gasteiger charge is -2.38. The van der Waals surface area contributed by atoms with Crippen molar-refractivity contribution in [2.75, 3.05) is 54.4 Å². The van der Waals surface area contributed by atoms with Gasteiger partial charge in [-0.2, -0.15) is 5.26 Å². The molecule has 1 heterocycles. The summed E-state index contributed by atoms with van der Waals surface area (Å²) >= 11 is 0. The van der Waals surface area contributed by atoms with Gasteiger partial charge in [-0.15, -0.1) is 0 Å². The molecule has 6 rings (SSSR count). The van der Waals surface area contributed by atoms with E-state index in [4.69, 9.17) is 5.73 Å². The maximum Gasteiger partial charge on any atom is 0.255 e. The van der Waals surface area contributed by atoms with E-state index in [0.717, 1.165) is 73.5 Å². The van der Waals surface area contributed by atoms with E-state index in [9.17, 15) is 14.9 Å². The van der Waals surface area contributed by atoms with Gasteiger partial charge in [0.2, 0.25) is 5.91 Å². The van der Waals surface area contributed by atoms with Crippen molar-refractivity contribution in [2.24, 2.45) is 11.7 Å². The SMILES string of the molecule is Cc1ccccc1N1CCN(c2ccc(-c3cccc(CN(CCCN)C(=O)C4CC4)c3)cc2NC(=O)c2ccc(C#N)cc2)CC1. The van der Waals surface area contributed by atoms with Crippen molar-refractivity contribution >= 4 is 28.9 Å². The van der Waals surface area contributed by atoms with E-state index in [-0.39, 0.29) is 17.7 Å². The predicted molar refractivity (Wildman–Crippen MR) is 188 cm³/mol. The minimum absolute atomic E-state index is 0.157. The topological polar surface area (TPSA) is 106 Å². The number of nitrogens with one attached hydrogen (secondary N) is 1. The second kappa shape index (κ2) is 14.5. The summed E-state index contributed by atoms with van der Waals surface area (Å²) in [5.41, 5.74) is 14.1. The highest BCUT2D eigenvalue weighted by molar-refractivity contribution is 6.06. The van der Waals surface area contributed by atoms with Crippen molar-refractivity contribution in [3.63, 3.8) is 0 Å². The predicted octanol–water partition coefficient (Wildman–Crippen LogP) is 6.20. The third kappa shape index (κ3) is 7.65. The molecule has 4 aromatic carbocycles. The number of para-hydroxylation sites is 1. The van der Waals surface area contributed by atoms with Crippen LogP contribution in [0.1, 0.15) is 46.3 Å². The van der Waals surface area contributed by atoms with Crippen LogP contribution in [0.5, 0.6) is 0 Å². The summed E-state index contributed by atoms with van der Waals surface area (Å²) in [5.74, 6) is 0.155. The van der Waals surface area contributed by atoms with Gasteiger partial charge in [0.15, 0.2) is 0 Å². The molecule has 8 heteroatoms. The number of hydrogen-bond acceptors (Lipinski definition) is 6. The fourth-order valence-electron chi connectivity index (χ4n) is 6.30. The Labute approximate surface area is 277 Å². The van der Waals surface area contributed by atoms with Crippen LogP contribution in [0.4, 0.5) is 17.1 Å². The number of aryl methyl sites for hydroxylation is 1. The van der Waals surface area contributed by atoms with Crippen LogP contribution in [-0.4, -0.2) is 56.0 Å². The molecule has 0 radical (unpaired) electrons. The number of carbonyl (C=O) groups excluding carboxylic acids is 2. The largest absolute Gasteiger partial charge is 0.368 e. The maximum absolute atomic E-state index is 13.5. The van der Waals surface area contributed by atoms with Crippen LogP contribution in [-0.2, 0) is 11.3 Å². The maximum atomic E-state index is 13.5. The summed E-state index contributed by atoms with van der Waals surface area (Å²) in [7, 11) is 0. The lowest BCUT2D eigenvalue weighted by molar-refractivity contribution is -0.133. The van der Waals surface area contributed by atoms with E-state index < -0.39 is 0 Å². The molecule has 3 N–H and O–H groups in total. The van der Waals surface area contributed by atoms with Crippen molar-refractivity contribution in [3.05, 3.63) is 113 Å². The number of carbonyl (C=O) groups is 2. The number of benzene rings is 4. The molecule has 4 aromatic rings. The first kappa shape index (κ1) is 31.8. The van der Waals surface area contributed by atoms with Gasteiger partial charge in [0, 0.05) is 56.4 Å². The fourth-order valence-corrected chi connectivity index (χ4v) is 6.30. The first-order valence-corrected chi connectivity index (χ1v) is 16.5. The number of rotatable bonds is 11. The molecule has 0 atom stereocenters. The minimum Gasteiger partial charge on any atom is -0.368 e. The summed E-state index contributed by atoms with van der Waals surface area (Å²) in [6, 6.07) is 31.8. The number of amides is 2. The Balaban J connectivity index is 1.26. The van der Waals surface area contributed by atoms with E-state index in [2.05, 4.69) is 82.7 Å². The lowest BCUT2D eigenvalue weighted by Crippen LogP contribution is -2.47. The second-order valence-electron chi connectivity index (χ2n) is 12.5. The number of nitriles is 1. The second-order valence-corrected chi connectivity index (χ2v) is 12.5. The summed E-state index contributed by atoms with van der Waals surface area (Å²) in [5, 5.41) is 12.4. The zero-order valence-corrected chi connectivity index (χ0v) is 27.0. The Morgan fingerprint density at radius 1 is 0.872 bits per heavy atom. The number of piperazine rings is 1. The Bertz CT molecular complexity index is 1770. The minimum atomic E-state index is -0.227. The van der Waals surface area contributed by atoms with E-state index in [0.29, 0.717) is 30.8 Å². The number of anilines is 3. The number of nitrogens with two attached hydrogens (primary N) is 1. The Morgan fingerprint density at radius 3 is 2.26 bits per heavy atom. The average Bonchev–Trinajstić information content (AvgIpc) is 3.96. The summed E-state index contributed by atoms with van der Waals surface area (Å²) in [6.07, 6.45) is 2.73. The fraction of sp³-hybridized carbons (Fsp3) is 0.308. The highest BCUT2D eigenvalue weighted by Crippen LogP contribution is 2.35. The molecule has 47 heavy (non-hydrogen) atoms. The first-order chi connectivity index (χ1) is 22.9. The van der Waals surface area contributed by atoms with Crippen molar-refractivity contribution in [1.29, 1.82) is 5.26 Å². The summed E-state index contributed by atoms with van der Waals surface area (Å²) in [4.78, 5) is 33.2. The van der Waals surface area contributed by atoms with Crippen molar-refractivity contribution in [1.82, 2.24) is 4.90 Å².